The Labute approximate surface area is 146 Å². The number of pyridine rings is 1. The number of fused-ring (bicyclic) bond motifs is 1. The van der Waals surface area contributed by atoms with E-state index in [2.05, 4.69) is 10.3 Å². The summed E-state index contributed by atoms with van der Waals surface area (Å²) in [6.45, 7) is -0.666. The minimum absolute atomic E-state index is 0.0697. The number of rotatable bonds is 4. The molecule has 0 unspecified atom stereocenters. The third-order valence-corrected chi connectivity index (χ3v) is 3.70. The van der Waals surface area contributed by atoms with Crippen molar-refractivity contribution < 1.29 is 19.2 Å². The molecule has 3 rings (SSSR count). The van der Waals surface area contributed by atoms with E-state index in [1.165, 1.54) is 6.07 Å². The molecule has 0 aliphatic carbocycles. The van der Waals surface area contributed by atoms with Crippen molar-refractivity contribution in [2.45, 2.75) is 0 Å². The average molecular weight is 363 g/mol. The fraction of sp³-hybridized carbons (Fsp3) is 0.133. The number of nitrogens with zero attached hydrogens (tertiary/aromatic N) is 3. The Morgan fingerprint density at radius 1 is 1.36 bits per heavy atom. The Morgan fingerprint density at radius 3 is 2.84 bits per heavy atom. The maximum Gasteiger partial charge on any atom is 0.366 e. The van der Waals surface area contributed by atoms with Gasteiger partial charge in [0.15, 0.2) is 12.4 Å². The normalized spacial score (nSPS) is 13.0. The van der Waals surface area contributed by atoms with Crippen LogP contribution in [0.25, 0.3) is 0 Å². The van der Waals surface area contributed by atoms with Gasteiger partial charge in [-0.1, -0.05) is 23.7 Å². The van der Waals surface area contributed by atoms with Crippen LogP contribution in [0.15, 0.2) is 36.4 Å². The molecule has 10 heteroatoms. The van der Waals surface area contributed by atoms with E-state index in [1.807, 2.05) is 0 Å². The Balaban J connectivity index is 1.84. The van der Waals surface area contributed by atoms with Crippen LogP contribution in [-0.4, -0.2) is 34.9 Å². The van der Waals surface area contributed by atoms with Crippen LogP contribution in [0.4, 0.5) is 17.3 Å². The van der Waals surface area contributed by atoms with Gasteiger partial charge in [0.2, 0.25) is 5.91 Å². The van der Waals surface area contributed by atoms with Crippen molar-refractivity contribution in [3.8, 4) is 5.75 Å². The predicted octanol–water partition coefficient (Wildman–Crippen LogP) is 2.01. The molecule has 0 atom stereocenters. The monoisotopic (exact) mass is 362 g/mol. The second kappa shape index (κ2) is 6.73. The van der Waals surface area contributed by atoms with Gasteiger partial charge in [0.05, 0.1) is 10.7 Å². The summed E-state index contributed by atoms with van der Waals surface area (Å²) in [5.41, 5.74) is 0.391. The van der Waals surface area contributed by atoms with E-state index in [0.29, 0.717) is 10.7 Å². The first-order valence-electron chi connectivity index (χ1n) is 7.08. The largest absolute Gasteiger partial charge is 0.477 e. The molecule has 2 heterocycles. The first-order chi connectivity index (χ1) is 12.0. The molecule has 2 amide bonds. The van der Waals surface area contributed by atoms with Crippen LogP contribution in [0.5, 0.6) is 5.75 Å². The van der Waals surface area contributed by atoms with E-state index in [-0.39, 0.29) is 24.7 Å². The number of anilines is 2. The van der Waals surface area contributed by atoms with Crippen molar-refractivity contribution in [2.75, 3.05) is 23.4 Å². The highest BCUT2D eigenvalue weighted by atomic mass is 35.5. The molecule has 1 aliphatic rings. The number of ether oxygens (including phenoxy) is 1. The molecule has 2 aromatic rings. The van der Waals surface area contributed by atoms with Crippen LogP contribution >= 0.6 is 11.6 Å². The van der Waals surface area contributed by atoms with E-state index < -0.39 is 22.6 Å². The molecular weight excluding hydrogens is 352 g/mol. The highest BCUT2D eigenvalue weighted by molar-refractivity contribution is 6.33. The number of hydrogen-bond donors (Lipinski definition) is 1. The van der Waals surface area contributed by atoms with Gasteiger partial charge in [-0.15, -0.1) is 0 Å². The van der Waals surface area contributed by atoms with Crippen molar-refractivity contribution in [3.63, 3.8) is 0 Å². The SMILES string of the molecule is O=C(CN1C(=O)COc2ccc([N+](=O)[O-])nc21)Nc1ccccc1Cl. The summed E-state index contributed by atoms with van der Waals surface area (Å²) >= 11 is 5.97. The summed E-state index contributed by atoms with van der Waals surface area (Å²) in [5.74, 6) is -1.39. The minimum atomic E-state index is -0.693. The number of carbonyl (C=O) groups excluding carboxylic acids is 2. The topological polar surface area (TPSA) is 115 Å². The molecule has 1 N–H and O–H groups in total. The first-order valence-corrected chi connectivity index (χ1v) is 7.46. The lowest BCUT2D eigenvalue weighted by Crippen LogP contribution is -2.44. The summed E-state index contributed by atoms with van der Waals surface area (Å²) in [7, 11) is 0. The maximum atomic E-state index is 12.2. The molecule has 0 radical (unpaired) electrons. The summed E-state index contributed by atoms with van der Waals surface area (Å²) in [5, 5.41) is 13.8. The summed E-state index contributed by atoms with van der Waals surface area (Å²) in [6.07, 6.45) is 0. The molecule has 1 aromatic carbocycles. The Morgan fingerprint density at radius 2 is 2.12 bits per heavy atom. The van der Waals surface area contributed by atoms with Gasteiger partial charge in [0.25, 0.3) is 11.7 Å². The van der Waals surface area contributed by atoms with Gasteiger partial charge in [-0.3, -0.25) is 14.5 Å². The number of nitrogens with one attached hydrogen (secondary N) is 1. The van der Waals surface area contributed by atoms with Gasteiger partial charge in [-0.25, -0.2) is 0 Å². The van der Waals surface area contributed by atoms with Crippen molar-refractivity contribution in [1.29, 1.82) is 0 Å². The molecular formula is C15H11ClN4O5. The summed E-state index contributed by atoms with van der Waals surface area (Å²) in [6, 6.07) is 9.13. The van der Waals surface area contributed by atoms with Gasteiger partial charge in [0, 0.05) is 6.07 Å². The minimum Gasteiger partial charge on any atom is -0.477 e. The molecule has 0 saturated heterocycles. The van der Waals surface area contributed by atoms with E-state index in [0.717, 1.165) is 11.0 Å². The second-order valence-corrected chi connectivity index (χ2v) is 5.45. The predicted molar refractivity (Wildman–Crippen MR) is 88.8 cm³/mol. The number of carbonyl (C=O) groups is 2. The fourth-order valence-electron chi connectivity index (χ4n) is 2.23. The number of aromatic nitrogens is 1. The van der Waals surface area contributed by atoms with Crippen LogP contribution in [0.1, 0.15) is 0 Å². The molecule has 1 aliphatic heterocycles. The zero-order valence-corrected chi connectivity index (χ0v) is 13.4. The lowest BCUT2D eigenvalue weighted by atomic mass is 10.3. The number of nitro groups is 1. The van der Waals surface area contributed by atoms with Crippen LogP contribution in [0.3, 0.4) is 0 Å². The fourth-order valence-corrected chi connectivity index (χ4v) is 2.41. The van der Waals surface area contributed by atoms with Gasteiger partial charge in [-0.05, 0) is 28.1 Å². The summed E-state index contributed by atoms with van der Waals surface area (Å²) in [4.78, 5) is 39.3. The van der Waals surface area contributed by atoms with Crippen LogP contribution in [0, 0.1) is 10.1 Å². The van der Waals surface area contributed by atoms with E-state index in [9.17, 15) is 19.7 Å². The van der Waals surface area contributed by atoms with E-state index in [4.69, 9.17) is 16.3 Å². The molecule has 0 bridgehead atoms. The van der Waals surface area contributed by atoms with Gasteiger partial charge in [0.1, 0.15) is 6.54 Å². The Bertz CT molecular complexity index is 873. The second-order valence-electron chi connectivity index (χ2n) is 5.04. The van der Waals surface area contributed by atoms with Gasteiger partial charge >= 0.3 is 5.82 Å². The molecule has 25 heavy (non-hydrogen) atoms. The maximum absolute atomic E-state index is 12.2. The third-order valence-electron chi connectivity index (χ3n) is 3.37. The smallest absolute Gasteiger partial charge is 0.366 e. The average Bonchev–Trinajstić information content (AvgIpc) is 2.59. The van der Waals surface area contributed by atoms with Crippen LogP contribution < -0.4 is 15.0 Å². The third kappa shape index (κ3) is 3.50. The zero-order valence-electron chi connectivity index (χ0n) is 12.6. The standard InChI is InChI=1S/C15H11ClN4O5/c16-9-3-1-2-4-10(9)17-13(21)7-19-14(22)8-25-11-5-6-12(20(23)24)18-15(11)19/h1-6H,7-8H2,(H,17,21). The highest BCUT2D eigenvalue weighted by Gasteiger charge is 2.33. The number of para-hydroxylation sites is 1. The number of hydrogen-bond acceptors (Lipinski definition) is 6. The van der Waals surface area contributed by atoms with Crippen LogP contribution in [-0.2, 0) is 9.59 Å². The molecule has 1 aromatic heterocycles. The molecule has 128 valence electrons. The first kappa shape index (κ1) is 16.7. The van der Waals surface area contributed by atoms with Gasteiger partial charge < -0.3 is 20.2 Å². The van der Waals surface area contributed by atoms with Crippen LogP contribution in [0.2, 0.25) is 5.02 Å². The van der Waals surface area contributed by atoms with Crippen molar-refractivity contribution in [2.24, 2.45) is 0 Å². The van der Waals surface area contributed by atoms with Crippen molar-refractivity contribution in [1.82, 2.24) is 4.98 Å². The molecule has 0 saturated carbocycles. The zero-order chi connectivity index (χ0) is 18.0. The highest BCUT2D eigenvalue weighted by Crippen LogP contribution is 2.32. The van der Waals surface area contributed by atoms with E-state index in [1.54, 1.807) is 24.3 Å². The quantitative estimate of drug-likeness (QED) is 0.657. The van der Waals surface area contributed by atoms with Crippen molar-refractivity contribution >= 4 is 40.7 Å². The van der Waals surface area contributed by atoms with Gasteiger partial charge in [-0.2, -0.15) is 0 Å². The summed E-state index contributed by atoms with van der Waals surface area (Å²) < 4.78 is 5.19. The molecule has 0 fully saturated rings. The lowest BCUT2D eigenvalue weighted by molar-refractivity contribution is -0.389. The Hall–Kier alpha value is -3.20. The molecule has 0 spiro atoms. The van der Waals surface area contributed by atoms with E-state index >= 15 is 0 Å². The molecule has 9 nitrogen and oxygen atoms in total. The Kier molecular flexibility index (Phi) is 4.48. The number of halogens is 1. The van der Waals surface area contributed by atoms with Crippen molar-refractivity contribution in [3.05, 3.63) is 51.5 Å². The number of benzene rings is 1. The number of amides is 2. The lowest BCUT2D eigenvalue weighted by Gasteiger charge is -2.24.